The quantitative estimate of drug-likeness (QED) is 0.917. The van der Waals surface area contributed by atoms with Crippen LogP contribution in [0.1, 0.15) is 10.4 Å². The van der Waals surface area contributed by atoms with E-state index in [9.17, 15) is 4.79 Å². The molecule has 0 saturated heterocycles. The Morgan fingerprint density at radius 1 is 1.31 bits per heavy atom. The molecule has 0 fully saturated rings. The van der Waals surface area contributed by atoms with Gasteiger partial charge in [-0.25, -0.2) is 4.79 Å². The first-order chi connectivity index (χ1) is 7.68. The van der Waals surface area contributed by atoms with Crippen molar-refractivity contribution in [2.75, 3.05) is 0 Å². The van der Waals surface area contributed by atoms with Gasteiger partial charge in [0, 0.05) is 22.4 Å². The number of carbonyl (C=O) groups is 1. The van der Waals surface area contributed by atoms with E-state index >= 15 is 0 Å². The predicted molar refractivity (Wildman–Crippen MR) is 64.3 cm³/mol. The number of nitrogens with zero attached hydrogens (tertiary/aromatic N) is 1. The van der Waals surface area contributed by atoms with Crippen LogP contribution in [-0.2, 0) is 0 Å². The van der Waals surface area contributed by atoms with Crippen molar-refractivity contribution in [3.05, 3.63) is 52.8 Å². The Labute approximate surface area is 101 Å². The number of halogens is 1. The number of aromatic nitrogens is 1. The lowest BCUT2D eigenvalue weighted by atomic mass is 10.0. The van der Waals surface area contributed by atoms with E-state index in [-0.39, 0.29) is 5.56 Å². The number of benzene rings is 1. The molecular formula is C12H8BrNO2. The fourth-order valence-corrected chi connectivity index (χ4v) is 1.83. The molecule has 0 aliphatic heterocycles. The van der Waals surface area contributed by atoms with Crippen molar-refractivity contribution in [3.63, 3.8) is 0 Å². The van der Waals surface area contributed by atoms with Crippen molar-refractivity contribution in [2.45, 2.75) is 0 Å². The largest absolute Gasteiger partial charge is 0.478 e. The van der Waals surface area contributed by atoms with Gasteiger partial charge in [0.15, 0.2) is 0 Å². The molecule has 0 bridgehead atoms. The lowest BCUT2D eigenvalue weighted by Gasteiger charge is -2.06. The van der Waals surface area contributed by atoms with Gasteiger partial charge in [-0.1, -0.05) is 28.1 Å². The summed E-state index contributed by atoms with van der Waals surface area (Å²) in [5.41, 5.74) is 1.73. The standard InChI is InChI=1S/C12H8BrNO2/c13-9-3-4-10(11(6-9)12(15)16)8-2-1-5-14-7-8/h1-7H,(H,15,16). The summed E-state index contributed by atoms with van der Waals surface area (Å²) >= 11 is 3.26. The molecule has 3 nitrogen and oxygen atoms in total. The van der Waals surface area contributed by atoms with Gasteiger partial charge in [-0.15, -0.1) is 0 Å². The maximum atomic E-state index is 11.1. The predicted octanol–water partition coefficient (Wildman–Crippen LogP) is 3.21. The van der Waals surface area contributed by atoms with Crippen molar-refractivity contribution >= 4 is 21.9 Å². The zero-order valence-electron chi connectivity index (χ0n) is 8.22. The molecule has 0 radical (unpaired) electrons. The number of hydrogen-bond acceptors (Lipinski definition) is 2. The van der Waals surface area contributed by atoms with E-state index in [1.54, 1.807) is 30.6 Å². The molecule has 0 atom stereocenters. The summed E-state index contributed by atoms with van der Waals surface area (Å²) in [6, 6.07) is 8.79. The zero-order chi connectivity index (χ0) is 11.5. The Kier molecular flexibility index (Phi) is 3.01. The van der Waals surface area contributed by atoms with Gasteiger partial charge in [-0.3, -0.25) is 4.98 Å². The Bertz CT molecular complexity index is 526. The molecule has 1 aromatic carbocycles. The van der Waals surface area contributed by atoms with Crippen molar-refractivity contribution < 1.29 is 9.90 Å². The summed E-state index contributed by atoms with van der Waals surface area (Å²) in [7, 11) is 0. The van der Waals surface area contributed by atoms with Gasteiger partial charge >= 0.3 is 5.97 Å². The normalized spacial score (nSPS) is 10.1. The van der Waals surface area contributed by atoms with Crippen LogP contribution < -0.4 is 0 Å². The van der Waals surface area contributed by atoms with E-state index in [0.29, 0.717) is 5.56 Å². The van der Waals surface area contributed by atoms with Crippen LogP contribution in [0.4, 0.5) is 0 Å². The second-order valence-electron chi connectivity index (χ2n) is 3.24. The number of rotatable bonds is 2. The topological polar surface area (TPSA) is 50.2 Å². The molecule has 4 heteroatoms. The molecule has 0 spiro atoms. The Morgan fingerprint density at radius 2 is 2.12 bits per heavy atom. The third kappa shape index (κ3) is 2.12. The molecule has 1 N–H and O–H groups in total. The minimum Gasteiger partial charge on any atom is -0.478 e. The monoisotopic (exact) mass is 277 g/mol. The highest BCUT2D eigenvalue weighted by molar-refractivity contribution is 9.10. The van der Waals surface area contributed by atoms with E-state index in [4.69, 9.17) is 5.11 Å². The minimum absolute atomic E-state index is 0.266. The van der Waals surface area contributed by atoms with Crippen LogP contribution in [0, 0.1) is 0 Å². The molecule has 1 aromatic heterocycles. The molecule has 0 unspecified atom stereocenters. The smallest absolute Gasteiger partial charge is 0.336 e. The Morgan fingerprint density at radius 3 is 2.75 bits per heavy atom. The van der Waals surface area contributed by atoms with E-state index in [0.717, 1.165) is 10.0 Å². The highest BCUT2D eigenvalue weighted by atomic mass is 79.9. The summed E-state index contributed by atoms with van der Waals surface area (Å²) in [5.74, 6) is -0.944. The van der Waals surface area contributed by atoms with Gasteiger partial charge in [-0.05, 0) is 23.8 Å². The Hall–Kier alpha value is -1.68. The summed E-state index contributed by atoms with van der Waals surface area (Å²) in [6.45, 7) is 0. The first kappa shape index (κ1) is 10.8. The first-order valence-electron chi connectivity index (χ1n) is 4.62. The number of pyridine rings is 1. The second kappa shape index (κ2) is 4.45. The molecule has 0 amide bonds. The van der Waals surface area contributed by atoms with E-state index in [1.165, 1.54) is 0 Å². The first-order valence-corrected chi connectivity index (χ1v) is 5.41. The van der Waals surface area contributed by atoms with Gasteiger partial charge in [0.25, 0.3) is 0 Å². The molecule has 0 aliphatic rings. The minimum atomic E-state index is -0.944. The van der Waals surface area contributed by atoms with Gasteiger partial charge in [0.2, 0.25) is 0 Å². The molecule has 0 aliphatic carbocycles. The van der Waals surface area contributed by atoms with Gasteiger partial charge in [-0.2, -0.15) is 0 Å². The van der Waals surface area contributed by atoms with E-state index in [2.05, 4.69) is 20.9 Å². The summed E-state index contributed by atoms with van der Waals surface area (Å²) < 4.78 is 0.748. The molecule has 2 rings (SSSR count). The van der Waals surface area contributed by atoms with Gasteiger partial charge in [0.05, 0.1) is 5.56 Å². The molecule has 2 aromatic rings. The van der Waals surface area contributed by atoms with Crippen LogP contribution in [0.15, 0.2) is 47.2 Å². The maximum Gasteiger partial charge on any atom is 0.336 e. The summed E-state index contributed by atoms with van der Waals surface area (Å²) in [4.78, 5) is 15.1. The molecular weight excluding hydrogens is 270 g/mol. The van der Waals surface area contributed by atoms with Crippen molar-refractivity contribution in [1.82, 2.24) is 4.98 Å². The summed E-state index contributed by atoms with van der Waals surface area (Å²) in [6.07, 6.45) is 3.30. The lowest BCUT2D eigenvalue weighted by Crippen LogP contribution is -1.99. The van der Waals surface area contributed by atoms with Crippen LogP contribution in [0.2, 0.25) is 0 Å². The van der Waals surface area contributed by atoms with Crippen molar-refractivity contribution in [1.29, 1.82) is 0 Å². The maximum absolute atomic E-state index is 11.1. The SMILES string of the molecule is O=C(O)c1cc(Br)ccc1-c1cccnc1. The number of hydrogen-bond donors (Lipinski definition) is 1. The fraction of sp³-hybridized carbons (Fsp3) is 0. The Balaban J connectivity index is 2.61. The number of carboxylic acids is 1. The van der Waals surface area contributed by atoms with Crippen LogP contribution in [0.3, 0.4) is 0 Å². The average Bonchev–Trinajstić information content (AvgIpc) is 2.30. The molecule has 1 heterocycles. The van der Waals surface area contributed by atoms with Crippen LogP contribution in [0.25, 0.3) is 11.1 Å². The summed E-state index contributed by atoms with van der Waals surface area (Å²) in [5, 5.41) is 9.11. The molecule has 16 heavy (non-hydrogen) atoms. The number of carboxylic acid groups (broad SMARTS) is 1. The van der Waals surface area contributed by atoms with E-state index < -0.39 is 5.97 Å². The highest BCUT2D eigenvalue weighted by Gasteiger charge is 2.11. The van der Waals surface area contributed by atoms with Crippen molar-refractivity contribution in [3.8, 4) is 11.1 Å². The third-order valence-electron chi connectivity index (χ3n) is 2.18. The van der Waals surface area contributed by atoms with Crippen LogP contribution in [0.5, 0.6) is 0 Å². The average molecular weight is 278 g/mol. The van der Waals surface area contributed by atoms with Gasteiger partial charge < -0.3 is 5.11 Å². The van der Waals surface area contributed by atoms with E-state index in [1.807, 2.05) is 12.1 Å². The number of aromatic carboxylic acids is 1. The molecule has 80 valence electrons. The fourth-order valence-electron chi connectivity index (χ4n) is 1.47. The third-order valence-corrected chi connectivity index (χ3v) is 2.68. The van der Waals surface area contributed by atoms with Crippen molar-refractivity contribution in [2.24, 2.45) is 0 Å². The molecule has 0 saturated carbocycles. The second-order valence-corrected chi connectivity index (χ2v) is 4.15. The highest BCUT2D eigenvalue weighted by Crippen LogP contribution is 2.25. The van der Waals surface area contributed by atoms with Crippen LogP contribution in [-0.4, -0.2) is 16.1 Å². The zero-order valence-corrected chi connectivity index (χ0v) is 9.81. The lowest BCUT2D eigenvalue weighted by molar-refractivity contribution is 0.0697. The van der Waals surface area contributed by atoms with Crippen LogP contribution >= 0.6 is 15.9 Å². The van der Waals surface area contributed by atoms with Gasteiger partial charge in [0.1, 0.15) is 0 Å².